The van der Waals surface area contributed by atoms with Gasteiger partial charge in [-0.3, -0.25) is 20.2 Å². The fraction of sp³-hybridized carbons (Fsp3) is 0. The molecule has 0 saturated carbocycles. The molecule has 0 unspecified atom stereocenters. The van der Waals surface area contributed by atoms with Crippen LogP contribution < -0.4 is 0 Å². The van der Waals surface area contributed by atoms with Crippen molar-refractivity contribution in [1.82, 2.24) is 0 Å². The summed E-state index contributed by atoms with van der Waals surface area (Å²) >= 11 is 10.8. The van der Waals surface area contributed by atoms with Crippen LogP contribution in [0.1, 0.15) is 0 Å². The summed E-state index contributed by atoms with van der Waals surface area (Å²) in [4.78, 5) is 17.3. The number of rotatable bonds is 4. The summed E-state index contributed by atoms with van der Waals surface area (Å²) in [6.45, 7) is 0. The van der Waals surface area contributed by atoms with E-state index in [2.05, 4.69) is 0 Å². The van der Waals surface area contributed by atoms with Crippen molar-refractivity contribution < 1.29 is 35.8 Å². The quantitative estimate of drug-likeness (QED) is 0.252. The van der Waals surface area contributed by atoms with E-state index in [9.17, 15) is 46.2 Å². The molecule has 0 heterocycles. The Kier molecular flexibility index (Phi) is 10.4. The monoisotopic (exact) mass is 512 g/mol. The van der Waals surface area contributed by atoms with E-state index >= 15 is 0 Å². The molecule has 2 rings (SSSR count). The number of hydrogen-bond acceptors (Lipinski definition) is 10. The third-order valence-electron chi connectivity index (χ3n) is 2.79. The van der Waals surface area contributed by atoms with Crippen molar-refractivity contribution in [3.8, 4) is 0 Å². The van der Waals surface area contributed by atoms with Gasteiger partial charge in [0.05, 0.1) is 29.7 Å². The van der Waals surface area contributed by atoms with Gasteiger partial charge in [0.2, 0.25) is 0 Å². The third-order valence-corrected chi connectivity index (χ3v) is 5.43. The summed E-state index contributed by atoms with van der Waals surface area (Å²) < 4.78 is 63.4. The molecular weight excluding hydrogens is 507 g/mol. The topological polar surface area (TPSA) is 201 Å². The maximum absolute atomic E-state index is 10.6. The summed E-state index contributed by atoms with van der Waals surface area (Å²) in [7, 11) is -9.55. The van der Waals surface area contributed by atoms with Crippen molar-refractivity contribution in [1.29, 1.82) is 0 Å². The number of non-ortho nitro benzene ring substituents is 2. The van der Waals surface area contributed by atoms with Gasteiger partial charge in [-0.2, -0.15) is 0 Å². The maximum atomic E-state index is 10.6. The predicted molar refractivity (Wildman–Crippen MR) is 97.9 cm³/mol. The van der Waals surface area contributed by atoms with Crippen LogP contribution in [0.2, 0.25) is 10.0 Å². The molecule has 0 aromatic heterocycles. The first kappa shape index (κ1) is 27.9. The molecule has 0 aliphatic rings. The summed E-state index contributed by atoms with van der Waals surface area (Å²) in [6.07, 6.45) is 0. The minimum Gasteiger partial charge on any atom is -0.744 e. The number of nitrogens with zero attached hydrogens (tertiary/aromatic N) is 2. The average molecular weight is 513 g/mol. The largest absolute Gasteiger partial charge is 2.00 e. The molecule has 17 heteroatoms. The Morgan fingerprint density at radius 3 is 1.17 bits per heavy atom. The number of nitro groups is 2. The molecular formula is C12H6CaCl2N2O10S2. The van der Waals surface area contributed by atoms with Gasteiger partial charge >= 0.3 is 37.7 Å². The van der Waals surface area contributed by atoms with E-state index in [1.165, 1.54) is 0 Å². The van der Waals surface area contributed by atoms with Gasteiger partial charge in [-0.1, -0.05) is 23.2 Å². The van der Waals surface area contributed by atoms with Crippen molar-refractivity contribution in [2.24, 2.45) is 0 Å². The van der Waals surface area contributed by atoms with E-state index in [1.807, 2.05) is 0 Å². The van der Waals surface area contributed by atoms with E-state index in [1.54, 1.807) is 0 Å². The maximum Gasteiger partial charge on any atom is 2.00 e. The van der Waals surface area contributed by atoms with E-state index in [-0.39, 0.29) is 47.8 Å². The van der Waals surface area contributed by atoms with Crippen LogP contribution in [0.4, 0.5) is 11.4 Å². The summed E-state index contributed by atoms with van der Waals surface area (Å²) in [5.41, 5.74) is -0.993. The summed E-state index contributed by atoms with van der Waals surface area (Å²) in [6, 6.07) is 5.26. The normalized spacial score (nSPS) is 10.9. The molecule has 0 aliphatic carbocycles. The number of nitro benzene ring substituents is 2. The Morgan fingerprint density at radius 2 is 0.966 bits per heavy atom. The van der Waals surface area contributed by atoms with E-state index < -0.39 is 51.2 Å². The average Bonchev–Trinajstić information content (AvgIpc) is 2.53. The van der Waals surface area contributed by atoms with Gasteiger partial charge in [-0.25, -0.2) is 16.8 Å². The summed E-state index contributed by atoms with van der Waals surface area (Å²) in [5.74, 6) is 0. The second-order valence-electron chi connectivity index (χ2n) is 4.65. The molecule has 0 spiro atoms. The predicted octanol–water partition coefficient (Wildman–Crippen LogP) is 1.92. The van der Waals surface area contributed by atoms with Crippen LogP contribution in [-0.4, -0.2) is 73.5 Å². The molecule has 0 saturated heterocycles. The molecule has 2 aromatic carbocycles. The molecule has 152 valence electrons. The molecule has 2 aromatic rings. The SMILES string of the molecule is O=[N+]([O-])c1ccc(Cl)c(S(=O)(=O)[O-])c1.O=[N+]([O-])c1ccc(Cl)c(S(=O)(=O)[O-])c1.[Ca+2]. The first-order valence-electron chi connectivity index (χ1n) is 6.44. The van der Waals surface area contributed by atoms with Crippen LogP contribution in [0.3, 0.4) is 0 Å². The van der Waals surface area contributed by atoms with Gasteiger partial charge in [0.15, 0.2) is 0 Å². The Balaban J connectivity index is 0.000000523. The van der Waals surface area contributed by atoms with E-state index in [0.29, 0.717) is 12.1 Å². The van der Waals surface area contributed by atoms with Gasteiger partial charge in [0, 0.05) is 24.3 Å². The van der Waals surface area contributed by atoms with Gasteiger partial charge < -0.3 is 9.11 Å². The van der Waals surface area contributed by atoms with Gasteiger partial charge in [-0.15, -0.1) is 0 Å². The number of halogens is 2. The van der Waals surface area contributed by atoms with Crippen molar-refractivity contribution in [2.75, 3.05) is 0 Å². The minimum absolute atomic E-state index is 0. The van der Waals surface area contributed by atoms with Crippen molar-refractivity contribution in [3.05, 3.63) is 66.7 Å². The molecule has 0 bridgehead atoms. The second-order valence-corrected chi connectivity index (χ2v) is 8.16. The first-order chi connectivity index (χ1) is 12.6. The number of hydrogen-bond donors (Lipinski definition) is 0. The Labute approximate surface area is 203 Å². The van der Waals surface area contributed by atoms with Crippen LogP contribution in [0.15, 0.2) is 46.2 Å². The molecule has 0 amide bonds. The first-order valence-corrected chi connectivity index (χ1v) is 10.0. The number of benzene rings is 2. The van der Waals surface area contributed by atoms with Crippen LogP contribution >= 0.6 is 23.2 Å². The molecule has 0 N–H and O–H groups in total. The zero-order valence-corrected chi connectivity index (χ0v) is 19.1. The smallest absolute Gasteiger partial charge is 0.744 e. The molecule has 0 atom stereocenters. The van der Waals surface area contributed by atoms with Crippen molar-refractivity contribution in [2.45, 2.75) is 9.79 Å². The fourth-order valence-electron chi connectivity index (χ4n) is 1.59. The Hall–Kier alpha value is -1.10. The van der Waals surface area contributed by atoms with E-state index in [0.717, 1.165) is 24.3 Å². The zero-order chi connectivity index (χ0) is 21.9. The van der Waals surface area contributed by atoms with Crippen molar-refractivity contribution in [3.63, 3.8) is 0 Å². The summed E-state index contributed by atoms with van der Waals surface area (Å²) in [5, 5.41) is 19.9. The van der Waals surface area contributed by atoms with Gasteiger partial charge in [0.25, 0.3) is 11.4 Å². The molecule has 0 radical (unpaired) electrons. The molecule has 0 fully saturated rings. The molecule has 12 nitrogen and oxygen atoms in total. The molecule has 0 aliphatic heterocycles. The fourth-order valence-corrected chi connectivity index (χ4v) is 3.54. The minimum atomic E-state index is -4.78. The van der Waals surface area contributed by atoms with Crippen LogP contribution in [-0.2, 0) is 20.2 Å². The van der Waals surface area contributed by atoms with Crippen LogP contribution in [0.5, 0.6) is 0 Å². The Morgan fingerprint density at radius 1 is 0.690 bits per heavy atom. The van der Waals surface area contributed by atoms with E-state index in [4.69, 9.17) is 23.2 Å². The third kappa shape index (κ3) is 8.27. The second kappa shape index (κ2) is 10.8. The molecule has 29 heavy (non-hydrogen) atoms. The van der Waals surface area contributed by atoms with Crippen molar-refractivity contribution >= 4 is 92.6 Å². The Bertz CT molecular complexity index is 1060. The van der Waals surface area contributed by atoms with Crippen LogP contribution in [0.25, 0.3) is 0 Å². The zero-order valence-electron chi connectivity index (χ0n) is 13.7. The van der Waals surface area contributed by atoms with Gasteiger partial charge in [0.1, 0.15) is 20.2 Å². The standard InChI is InChI=1S/2C6H4ClNO5S.Ca/c2*7-5-2-1-4(8(9)10)3-6(5)14(11,12)13;/h2*1-3H,(H,11,12,13);/q;;+2/p-2. The van der Waals surface area contributed by atoms with Crippen LogP contribution in [0, 0.1) is 20.2 Å². The van der Waals surface area contributed by atoms with Gasteiger partial charge in [-0.05, 0) is 12.1 Å².